The molecule has 12 heteroatoms. The number of halogens is 1. The van der Waals surface area contributed by atoms with Crippen molar-refractivity contribution in [1.82, 2.24) is 4.47 Å². The van der Waals surface area contributed by atoms with Crippen LogP contribution in [0.25, 0.3) is 0 Å². The number of nitrogens with zero attached hydrogens (tertiary/aromatic N) is 1. The fraction of sp³-hybridized carbons (Fsp3) is 0.412. The molecule has 0 saturated carbocycles. The molecule has 0 radical (unpaired) electrons. The minimum Gasteiger partial charge on any atom is -0.504 e. The largest absolute Gasteiger partial charge is 0.504 e. The first-order valence-electron chi connectivity index (χ1n) is 8.23. The Morgan fingerprint density at radius 1 is 1.21 bits per heavy atom. The molecule has 0 aliphatic rings. The molecule has 0 aliphatic carbocycles. The molecule has 2 unspecified atom stereocenters. The van der Waals surface area contributed by atoms with Crippen LogP contribution in [0.1, 0.15) is 6.92 Å². The van der Waals surface area contributed by atoms with E-state index in [9.17, 15) is 18.9 Å². The van der Waals surface area contributed by atoms with E-state index in [1.807, 2.05) is 0 Å². The van der Waals surface area contributed by atoms with Crippen molar-refractivity contribution in [1.29, 1.82) is 0 Å². The van der Waals surface area contributed by atoms with Gasteiger partial charge < -0.3 is 25.6 Å². The van der Waals surface area contributed by atoms with Gasteiger partial charge in [-0.25, -0.2) is 4.21 Å². The Morgan fingerprint density at radius 3 is 2.28 bits per heavy atom. The number of hydrogen-bond acceptors (Lipinski definition) is 9. The van der Waals surface area contributed by atoms with Crippen LogP contribution in [-0.4, -0.2) is 59.9 Å². The Kier molecular flexibility index (Phi) is 9.70. The lowest BCUT2D eigenvalue weighted by Gasteiger charge is -2.20. The second-order valence-corrected chi connectivity index (χ2v) is 7.64. The van der Waals surface area contributed by atoms with E-state index < -0.39 is 33.6 Å². The lowest BCUT2D eigenvalue weighted by atomic mass is 10.1. The van der Waals surface area contributed by atoms with Gasteiger partial charge in [0.15, 0.2) is 16.7 Å². The number of aliphatic hydroxyl groups excluding tert-OH is 1. The van der Waals surface area contributed by atoms with Gasteiger partial charge in [0.1, 0.15) is 16.3 Å². The molecular formula is C17H24ClN3O7S. The van der Waals surface area contributed by atoms with Gasteiger partial charge in [-0.3, -0.25) is 14.4 Å². The van der Waals surface area contributed by atoms with Gasteiger partial charge >= 0.3 is 0 Å². The maximum absolute atomic E-state index is 12.4. The molecule has 2 aromatic rings. The number of ether oxygens (including phenoxy) is 1. The van der Waals surface area contributed by atoms with Crippen molar-refractivity contribution in [3.63, 3.8) is 0 Å². The van der Waals surface area contributed by atoms with Crippen LogP contribution in [0.5, 0.6) is 5.75 Å². The number of benzene rings is 1. The molecule has 2 rings (SSSR count). The number of nitrogens with one attached hydrogen (secondary N) is 2. The Labute approximate surface area is 175 Å². The third kappa shape index (κ3) is 5.75. The molecule has 0 aromatic heterocycles. The molecule has 0 saturated heterocycles. The average molecular weight is 450 g/mol. The number of aliphatic hydroxyl groups is 1. The van der Waals surface area contributed by atoms with Gasteiger partial charge in [-0.05, 0) is 19.1 Å². The molecule has 4 N–H and O–H groups in total. The van der Waals surface area contributed by atoms with Crippen LogP contribution in [-0.2, 0) is 20.6 Å². The van der Waals surface area contributed by atoms with Crippen LogP contribution in [0.4, 0.5) is 17.1 Å². The van der Waals surface area contributed by atoms with Crippen molar-refractivity contribution in [2.24, 2.45) is 0 Å². The minimum atomic E-state index is -1.92. The number of hydroxylamine groups is 1. The molecule has 0 aliphatic heterocycles. The van der Waals surface area contributed by atoms with Gasteiger partial charge in [-0.15, -0.1) is 4.47 Å². The molecule has 2 aromatic carbocycles. The fourth-order valence-electron chi connectivity index (χ4n) is 2.09. The van der Waals surface area contributed by atoms with E-state index in [0.29, 0.717) is 0 Å². The molecule has 0 bridgehead atoms. The lowest BCUT2D eigenvalue weighted by Crippen LogP contribution is -2.39. The lowest BCUT2D eigenvalue weighted by molar-refractivity contribution is -0.0205. The van der Waals surface area contributed by atoms with E-state index in [-0.39, 0.29) is 33.6 Å². The van der Waals surface area contributed by atoms with Crippen molar-refractivity contribution in [2.75, 3.05) is 45.6 Å². The van der Waals surface area contributed by atoms with Crippen LogP contribution in [0.2, 0.25) is 5.02 Å². The van der Waals surface area contributed by atoms with E-state index in [1.165, 1.54) is 26.3 Å². The number of methoxy groups -OCH3 is 1. The summed E-state index contributed by atoms with van der Waals surface area (Å²) in [6.07, 6.45) is 0. The zero-order chi connectivity index (χ0) is 22.3. The smallest absolute Gasteiger partial charge is 0.253 e. The van der Waals surface area contributed by atoms with Gasteiger partial charge in [0.25, 0.3) is 10.9 Å². The SMILES string of the molecule is COC.CON(C)S(=O)c1c(Cl)ccc(Nc2c(NC(C)CO)c(=O)c2=O)c1O. The molecule has 0 heterocycles. The van der Waals surface area contributed by atoms with Crippen molar-refractivity contribution in [2.45, 2.75) is 17.9 Å². The van der Waals surface area contributed by atoms with Crippen LogP contribution in [0, 0.1) is 0 Å². The van der Waals surface area contributed by atoms with Gasteiger partial charge in [0.2, 0.25) is 0 Å². The van der Waals surface area contributed by atoms with Crippen molar-refractivity contribution in [3.8, 4) is 5.75 Å². The number of hydrogen-bond donors (Lipinski definition) is 4. The molecule has 0 fully saturated rings. The molecule has 2 atom stereocenters. The molecular weight excluding hydrogens is 426 g/mol. The Balaban J connectivity index is 0.00000132. The summed E-state index contributed by atoms with van der Waals surface area (Å²) in [6, 6.07) is 2.31. The van der Waals surface area contributed by atoms with Crippen molar-refractivity contribution < 1.29 is 24.0 Å². The predicted molar refractivity (Wildman–Crippen MR) is 112 cm³/mol. The second kappa shape index (κ2) is 11.2. The summed E-state index contributed by atoms with van der Waals surface area (Å²) >= 11 is 6.01. The number of phenols is 1. The second-order valence-electron chi connectivity index (χ2n) is 5.81. The highest BCUT2D eigenvalue weighted by Crippen LogP contribution is 2.38. The first kappa shape index (κ1) is 25.0. The summed E-state index contributed by atoms with van der Waals surface area (Å²) in [5.74, 6) is -0.450. The van der Waals surface area contributed by atoms with Crippen LogP contribution in [0.3, 0.4) is 0 Å². The van der Waals surface area contributed by atoms with Gasteiger partial charge in [0.05, 0.1) is 24.4 Å². The van der Waals surface area contributed by atoms with Gasteiger partial charge in [-0.1, -0.05) is 11.6 Å². The molecule has 29 heavy (non-hydrogen) atoms. The summed E-state index contributed by atoms with van der Waals surface area (Å²) in [7, 11) is 4.02. The minimum absolute atomic E-state index is 0.00239. The maximum Gasteiger partial charge on any atom is 0.253 e. The zero-order valence-corrected chi connectivity index (χ0v) is 18.2. The number of rotatable bonds is 8. The van der Waals surface area contributed by atoms with Crippen molar-refractivity contribution >= 4 is 39.6 Å². The number of aromatic hydroxyl groups is 1. The molecule has 0 amide bonds. The summed E-state index contributed by atoms with van der Waals surface area (Å²) in [5.41, 5.74) is -1.53. The van der Waals surface area contributed by atoms with E-state index in [0.717, 1.165) is 4.47 Å². The quantitative estimate of drug-likeness (QED) is 0.263. The first-order chi connectivity index (χ1) is 13.6. The van der Waals surface area contributed by atoms with E-state index in [1.54, 1.807) is 21.1 Å². The molecule has 162 valence electrons. The Morgan fingerprint density at radius 2 is 1.76 bits per heavy atom. The van der Waals surface area contributed by atoms with Crippen LogP contribution in [0.15, 0.2) is 26.6 Å². The van der Waals surface area contributed by atoms with E-state index in [2.05, 4.69) is 15.4 Å². The zero-order valence-electron chi connectivity index (χ0n) is 16.6. The summed E-state index contributed by atoms with van der Waals surface area (Å²) in [5, 5.41) is 24.9. The monoisotopic (exact) mass is 449 g/mol. The fourth-order valence-corrected chi connectivity index (χ4v) is 3.34. The third-order valence-corrected chi connectivity index (χ3v) is 5.39. The maximum atomic E-state index is 12.4. The third-order valence-electron chi connectivity index (χ3n) is 3.58. The predicted octanol–water partition coefficient (Wildman–Crippen LogP) is 0.956. The van der Waals surface area contributed by atoms with Gasteiger partial charge in [0, 0.05) is 27.3 Å². The number of phenolic OH excluding ortho intramolecular Hbond substituents is 1. The Hall–Kier alpha value is -2.02. The first-order valence-corrected chi connectivity index (χ1v) is 9.71. The van der Waals surface area contributed by atoms with Gasteiger partial charge in [-0.2, -0.15) is 0 Å². The summed E-state index contributed by atoms with van der Waals surface area (Å²) in [4.78, 5) is 28.3. The van der Waals surface area contributed by atoms with Crippen molar-refractivity contribution in [3.05, 3.63) is 37.6 Å². The highest BCUT2D eigenvalue weighted by Gasteiger charge is 2.26. The Bertz CT molecular complexity index is 931. The van der Waals surface area contributed by atoms with E-state index in [4.69, 9.17) is 21.5 Å². The number of anilines is 3. The highest BCUT2D eigenvalue weighted by molar-refractivity contribution is 7.82. The topological polar surface area (TPSA) is 137 Å². The summed E-state index contributed by atoms with van der Waals surface area (Å²) < 4.78 is 17.6. The van der Waals surface area contributed by atoms with Crippen LogP contribution < -0.4 is 21.5 Å². The van der Waals surface area contributed by atoms with E-state index >= 15 is 0 Å². The molecule has 0 spiro atoms. The summed E-state index contributed by atoms with van der Waals surface area (Å²) in [6.45, 7) is 1.39. The normalized spacial score (nSPS) is 13.0. The van der Waals surface area contributed by atoms with Crippen LogP contribution >= 0.6 is 11.6 Å². The average Bonchev–Trinajstić information content (AvgIpc) is 2.71. The standard InChI is InChI=1S/C15H18ClN3O6S.C2H6O/c1-7(6-20)17-10-11(14(23)13(10)22)18-9-5-4-8(16)15(12(9)21)26(24)19(2)25-3;1-3-2/h4-5,7,17-18,20-21H,6H2,1-3H3;1-2H3. The molecule has 10 nitrogen and oxygen atoms in total. The highest BCUT2D eigenvalue weighted by atomic mass is 35.5.